The first kappa shape index (κ1) is 19.5. The summed E-state index contributed by atoms with van der Waals surface area (Å²) in [4.78, 5) is 33.6. The Kier molecular flexibility index (Phi) is 6.21. The van der Waals surface area contributed by atoms with E-state index in [1.807, 2.05) is 18.7 Å². The average Bonchev–Trinajstić information content (AvgIpc) is 3.18. The number of benzene rings is 1. The first-order valence-corrected chi connectivity index (χ1v) is 10.2. The Balaban J connectivity index is 1.63. The summed E-state index contributed by atoms with van der Waals surface area (Å²) in [6.07, 6.45) is 2.88. The van der Waals surface area contributed by atoms with Crippen molar-refractivity contribution in [3.05, 3.63) is 41.2 Å². The van der Waals surface area contributed by atoms with Crippen LogP contribution >= 0.6 is 11.3 Å². The van der Waals surface area contributed by atoms with Gasteiger partial charge < -0.3 is 9.80 Å². The molecule has 0 bridgehead atoms. The van der Waals surface area contributed by atoms with Crippen molar-refractivity contribution in [3.8, 4) is 10.6 Å². The molecule has 1 aromatic carbocycles. The number of amides is 2. The Morgan fingerprint density at radius 1 is 1.22 bits per heavy atom. The summed E-state index contributed by atoms with van der Waals surface area (Å²) in [6.45, 7) is 6.52. The zero-order valence-corrected chi connectivity index (χ0v) is 16.5. The molecule has 0 radical (unpaired) electrons. The molecule has 0 aliphatic carbocycles. The molecule has 2 aromatic rings. The maximum absolute atomic E-state index is 13.9. The van der Waals surface area contributed by atoms with E-state index < -0.39 is 0 Å². The molecule has 7 heteroatoms. The lowest BCUT2D eigenvalue weighted by Gasteiger charge is -2.33. The molecule has 0 unspecified atom stereocenters. The Hall–Kier alpha value is -2.28. The predicted octanol–water partition coefficient (Wildman–Crippen LogP) is 3.67. The minimum Gasteiger partial charge on any atom is -0.343 e. The number of hydrogen-bond donors (Lipinski definition) is 0. The highest BCUT2D eigenvalue weighted by molar-refractivity contribution is 7.16. The van der Waals surface area contributed by atoms with Crippen molar-refractivity contribution in [1.82, 2.24) is 14.8 Å². The highest BCUT2D eigenvalue weighted by Gasteiger charge is 2.30. The van der Waals surface area contributed by atoms with Gasteiger partial charge in [0.2, 0.25) is 5.91 Å². The van der Waals surface area contributed by atoms with Crippen molar-refractivity contribution in [1.29, 1.82) is 0 Å². The van der Waals surface area contributed by atoms with E-state index in [0.29, 0.717) is 54.5 Å². The fraction of sp³-hybridized carbons (Fsp3) is 0.450. The minimum atomic E-state index is -0.346. The summed E-state index contributed by atoms with van der Waals surface area (Å²) in [7, 11) is 0. The van der Waals surface area contributed by atoms with Crippen molar-refractivity contribution in [2.24, 2.45) is 5.92 Å². The zero-order chi connectivity index (χ0) is 19.4. The smallest absolute Gasteiger partial charge is 0.265 e. The van der Waals surface area contributed by atoms with E-state index in [-0.39, 0.29) is 23.5 Å². The SMILES string of the molecule is CCN(CC)C(=O)C1CCN(C(=O)c2cnc(-c3ccccc3F)s2)CC1. The fourth-order valence-corrected chi connectivity index (χ4v) is 4.32. The number of likely N-dealkylation sites (tertiary alicyclic amines) is 1. The third-order valence-electron chi connectivity index (χ3n) is 5.03. The second-order valence-electron chi connectivity index (χ2n) is 6.59. The van der Waals surface area contributed by atoms with Crippen LogP contribution in [-0.2, 0) is 4.79 Å². The number of rotatable bonds is 5. The third-order valence-corrected chi connectivity index (χ3v) is 6.05. The van der Waals surface area contributed by atoms with Crippen LogP contribution in [-0.4, -0.2) is 52.8 Å². The Bertz CT molecular complexity index is 811. The van der Waals surface area contributed by atoms with E-state index in [9.17, 15) is 14.0 Å². The monoisotopic (exact) mass is 389 g/mol. The third kappa shape index (κ3) is 4.18. The number of halogens is 1. The molecule has 1 saturated heterocycles. The quantitative estimate of drug-likeness (QED) is 0.784. The molecule has 1 aromatic heterocycles. The Labute approximate surface area is 162 Å². The zero-order valence-electron chi connectivity index (χ0n) is 15.7. The fourth-order valence-electron chi connectivity index (χ4n) is 3.41. The van der Waals surface area contributed by atoms with E-state index in [0.717, 1.165) is 0 Å². The van der Waals surface area contributed by atoms with E-state index in [2.05, 4.69) is 4.98 Å². The van der Waals surface area contributed by atoms with E-state index >= 15 is 0 Å². The van der Waals surface area contributed by atoms with Crippen LogP contribution in [0.5, 0.6) is 0 Å². The summed E-state index contributed by atoms with van der Waals surface area (Å²) >= 11 is 1.20. The first-order valence-electron chi connectivity index (χ1n) is 9.33. The number of aromatic nitrogens is 1. The van der Waals surface area contributed by atoms with Crippen molar-refractivity contribution in [2.75, 3.05) is 26.2 Å². The second kappa shape index (κ2) is 8.61. The van der Waals surface area contributed by atoms with Gasteiger partial charge in [-0.1, -0.05) is 12.1 Å². The molecule has 1 fully saturated rings. The van der Waals surface area contributed by atoms with Crippen LogP contribution in [0, 0.1) is 11.7 Å². The molecule has 1 aliphatic heterocycles. The van der Waals surface area contributed by atoms with Crippen LogP contribution < -0.4 is 0 Å². The molecule has 3 rings (SSSR count). The van der Waals surface area contributed by atoms with Crippen LogP contribution in [0.15, 0.2) is 30.5 Å². The Morgan fingerprint density at radius 3 is 2.52 bits per heavy atom. The van der Waals surface area contributed by atoms with E-state index in [1.165, 1.54) is 23.6 Å². The lowest BCUT2D eigenvalue weighted by Crippen LogP contribution is -2.44. The highest BCUT2D eigenvalue weighted by atomic mass is 32.1. The van der Waals surface area contributed by atoms with Gasteiger partial charge in [-0.25, -0.2) is 9.37 Å². The molecule has 2 heterocycles. The maximum Gasteiger partial charge on any atom is 0.265 e. The van der Waals surface area contributed by atoms with Crippen LogP contribution in [0.3, 0.4) is 0 Å². The Morgan fingerprint density at radius 2 is 1.89 bits per heavy atom. The van der Waals surface area contributed by atoms with Gasteiger partial charge in [0.15, 0.2) is 0 Å². The van der Waals surface area contributed by atoms with Gasteiger partial charge in [0.05, 0.1) is 6.20 Å². The molecule has 5 nitrogen and oxygen atoms in total. The highest BCUT2D eigenvalue weighted by Crippen LogP contribution is 2.29. The van der Waals surface area contributed by atoms with Gasteiger partial charge in [-0.05, 0) is 38.8 Å². The molecule has 0 atom stereocenters. The summed E-state index contributed by atoms with van der Waals surface area (Å²) < 4.78 is 13.9. The van der Waals surface area contributed by atoms with Crippen molar-refractivity contribution in [3.63, 3.8) is 0 Å². The van der Waals surface area contributed by atoms with Gasteiger partial charge in [-0.3, -0.25) is 9.59 Å². The lowest BCUT2D eigenvalue weighted by molar-refractivity contribution is -0.136. The van der Waals surface area contributed by atoms with Gasteiger partial charge in [-0.15, -0.1) is 11.3 Å². The summed E-state index contributed by atoms with van der Waals surface area (Å²) in [5, 5.41) is 0.503. The standard InChI is InChI=1S/C20H24FN3O2S/c1-3-23(4-2)19(25)14-9-11-24(12-10-14)20(26)17-13-22-18(27-17)15-7-5-6-8-16(15)21/h5-8,13-14H,3-4,9-12H2,1-2H3. The molecule has 1 aliphatic rings. The molecule has 0 saturated carbocycles. The molecule has 27 heavy (non-hydrogen) atoms. The van der Waals surface area contributed by atoms with Crippen molar-refractivity contribution >= 4 is 23.2 Å². The van der Waals surface area contributed by atoms with Gasteiger partial charge in [0.1, 0.15) is 15.7 Å². The number of hydrogen-bond acceptors (Lipinski definition) is 4. The van der Waals surface area contributed by atoms with E-state index in [4.69, 9.17) is 0 Å². The molecular formula is C20H24FN3O2S. The van der Waals surface area contributed by atoms with Gasteiger partial charge in [0, 0.05) is 37.7 Å². The number of thiazole rings is 1. The first-order chi connectivity index (χ1) is 13.0. The summed E-state index contributed by atoms with van der Waals surface area (Å²) in [5.74, 6) is -0.262. The second-order valence-corrected chi connectivity index (χ2v) is 7.62. The molecule has 0 N–H and O–H groups in total. The normalized spacial score (nSPS) is 15.0. The average molecular weight is 389 g/mol. The number of nitrogens with zero attached hydrogens (tertiary/aromatic N) is 3. The number of carbonyl (C=O) groups is 2. The summed E-state index contributed by atoms with van der Waals surface area (Å²) in [6, 6.07) is 6.42. The van der Waals surface area contributed by atoms with Crippen molar-refractivity contribution < 1.29 is 14.0 Å². The number of carbonyl (C=O) groups excluding carboxylic acids is 2. The lowest BCUT2D eigenvalue weighted by atomic mass is 9.95. The molecule has 144 valence electrons. The van der Waals surface area contributed by atoms with Gasteiger partial charge >= 0.3 is 0 Å². The minimum absolute atomic E-state index is 0.00983. The van der Waals surface area contributed by atoms with Crippen LogP contribution in [0.1, 0.15) is 36.4 Å². The number of piperidine rings is 1. The van der Waals surface area contributed by atoms with Crippen molar-refractivity contribution in [2.45, 2.75) is 26.7 Å². The van der Waals surface area contributed by atoms with E-state index in [1.54, 1.807) is 23.1 Å². The summed E-state index contributed by atoms with van der Waals surface area (Å²) in [5.41, 5.74) is 0.407. The van der Waals surface area contributed by atoms with Crippen LogP contribution in [0.25, 0.3) is 10.6 Å². The molecule has 2 amide bonds. The van der Waals surface area contributed by atoms with Gasteiger partial charge in [0.25, 0.3) is 5.91 Å². The topological polar surface area (TPSA) is 53.5 Å². The predicted molar refractivity (Wildman–Crippen MR) is 104 cm³/mol. The van der Waals surface area contributed by atoms with Gasteiger partial charge in [-0.2, -0.15) is 0 Å². The maximum atomic E-state index is 13.9. The molecule has 0 spiro atoms. The largest absolute Gasteiger partial charge is 0.343 e. The molecular weight excluding hydrogens is 365 g/mol. The van der Waals surface area contributed by atoms with Crippen LogP contribution in [0.4, 0.5) is 4.39 Å². The van der Waals surface area contributed by atoms with Crippen LogP contribution in [0.2, 0.25) is 0 Å².